The lowest BCUT2D eigenvalue weighted by atomic mass is 10.1. The van der Waals surface area contributed by atoms with Gasteiger partial charge >= 0.3 is 0 Å². The summed E-state index contributed by atoms with van der Waals surface area (Å²) in [5.74, 6) is 0.0992. The molecule has 27 heavy (non-hydrogen) atoms. The molecule has 0 fully saturated rings. The lowest BCUT2D eigenvalue weighted by Crippen LogP contribution is -2.30. The number of aromatic nitrogens is 3. The Morgan fingerprint density at radius 1 is 1.19 bits per heavy atom. The molecule has 136 valence electrons. The van der Waals surface area contributed by atoms with Crippen molar-refractivity contribution in [2.45, 2.75) is 13.5 Å². The van der Waals surface area contributed by atoms with Crippen LogP contribution in [0.15, 0.2) is 41.2 Å². The normalized spacial score (nSPS) is 12.2. The summed E-state index contributed by atoms with van der Waals surface area (Å²) >= 11 is 0. The average molecular weight is 366 g/mol. The summed E-state index contributed by atoms with van der Waals surface area (Å²) in [5.41, 5.74) is 0.588. The number of nitrogens with one attached hydrogen (secondary N) is 1. The van der Waals surface area contributed by atoms with Crippen LogP contribution < -0.4 is 20.3 Å². The lowest BCUT2D eigenvalue weighted by Gasteiger charge is -2.11. The highest BCUT2D eigenvalue weighted by molar-refractivity contribution is 6.04. The summed E-state index contributed by atoms with van der Waals surface area (Å²) in [6.07, 6.45) is 0. The quantitative estimate of drug-likeness (QED) is 0.694. The van der Waals surface area contributed by atoms with Gasteiger partial charge in [0.1, 0.15) is 12.1 Å². The van der Waals surface area contributed by atoms with E-state index in [1.54, 1.807) is 24.3 Å². The van der Waals surface area contributed by atoms with Gasteiger partial charge in [-0.15, -0.1) is 5.10 Å². The predicted molar refractivity (Wildman–Crippen MR) is 95.0 cm³/mol. The van der Waals surface area contributed by atoms with Gasteiger partial charge in [0.25, 0.3) is 5.56 Å². The molecule has 0 aliphatic carbocycles. The number of hydrogen-bond donors (Lipinski definition) is 1. The molecule has 1 aromatic heterocycles. The van der Waals surface area contributed by atoms with Crippen LogP contribution in [0.1, 0.15) is 17.3 Å². The van der Waals surface area contributed by atoms with Crippen LogP contribution in [0.4, 0.5) is 5.69 Å². The number of Topliss-reactive ketones (excluding diaryl/α,β-unsaturated/α-hetero) is 1. The van der Waals surface area contributed by atoms with Crippen LogP contribution >= 0.6 is 0 Å². The van der Waals surface area contributed by atoms with Gasteiger partial charge in [-0.05, 0) is 25.1 Å². The molecule has 0 bridgehead atoms. The maximum absolute atomic E-state index is 12.4. The van der Waals surface area contributed by atoms with Crippen molar-refractivity contribution in [1.82, 2.24) is 15.0 Å². The zero-order valence-electron chi connectivity index (χ0n) is 14.3. The number of fused-ring (bicyclic) bond motifs is 2. The predicted octanol–water partition coefficient (Wildman–Crippen LogP) is 1.36. The van der Waals surface area contributed by atoms with Gasteiger partial charge in [-0.25, -0.2) is 4.68 Å². The third-order valence-corrected chi connectivity index (χ3v) is 4.09. The largest absolute Gasteiger partial charge is 0.454 e. The number of rotatable bonds is 4. The molecular weight excluding hydrogens is 352 g/mol. The molecule has 1 N–H and O–H groups in total. The van der Waals surface area contributed by atoms with E-state index in [1.165, 1.54) is 19.1 Å². The Morgan fingerprint density at radius 3 is 2.70 bits per heavy atom. The van der Waals surface area contributed by atoms with Gasteiger partial charge in [0.2, 0.25) is 12.7 Å². The van der Waals surface area contributed by atoms with Crippen LogP contribution in [0.2, 0.25) is 0 Å². The van der Waals surface area contributed by atoms with Crippen molar-refractivity contribution in [3.05, 3.63) is 52.3 Å². The molecule has 0 atom stereocenters. The number of carbonyl (C=O) groups is 2. The van der Waals surface area contributed by atoms with Crippen LogP contribution in [0.5, 0.6) is 11.5 Å². The van der Waals surface area contributed by atoms with E-state index in [1.807, 2.05) is 0 Å². The fraction of sp³-hybridized carbons (Fsp3) is 0.167. The van der Waals surface area contributed by atoms with Crippen LogP contribution in [0.25, 0.3) is 10.9 Å². The second-order valence-electron chi connectivity index (χ2n) is 5.92. The van der Waals surface area contributed by atoms with Gasteiger partial charge < -0.3 is 14.8 Å². The van der Waals surface area contributed by atoms with Crippen LogP contribution in [0.3, 0.4) is 0 Å². The molecule has 0 saturated heterocycles. The van der Waals surface area contributed by atoms with Crippen molar-refractivity contribution in [1.29, 1.82) is 0 Å². The average Bonchev–Trinajstić information content (AvgIpc) is 3.11. The second-order valence-corrected chi connectivity index (χ2v) is 5.92. The number of benzene rings is 2. The van der Waals surface area contributed by atoms with Crippen molar-refractivity contribution < 1.29 is 19.1 Å². The lowest BCUT2D eigenvalue weighted by molar-refractivity contribution is -0.117. The fourth-order valence-electron chi connectivity index (χ4n) is 2.79. The Morgan fingerprint density at radius 2 is 1.93 bits per heavy atom. The van der Waals surface area contributed by atoms with Crippen molar-refractivity contribution in [3.63, 3.8) is 0 Å². The Balaban J connectivity index is 1.61. The smallest absolute Gasteiger partial charge is 0.278 e. The minimum Gasteiger partial charge on any atom is -0.454 e. The molecule has 2 aromatic carbocycles. The summed E-state index contributed by atoms with van der Waals surface area (Å²) in [7, 11) is 0. The van der Waals surface area contributed by atoms with Gasteiger partial charge in [0, 0.05) is 11.6 Å². The molecule has 0 radical (unpaired) electrons. The number of carbonyl (C=O) groups excluding carboxylic acids is 2. The van der Waals surface area contributed by atoms with Crippen molar-refractivity contribution in [2.75, 3.05) is 12.1 Å². The first-order valence-electron chi connectivity index (χ1n) is 8.10. The summed E-state index contributed by atoms with van der Waals surface area (Å²) in [6.45, 7) is 1.08. The number of ether oxygens (including phenoxy) is 2. The van der Waals surface area contributed by atoms with E-state index in [-0.39, 0.29) is 30.4 Å². The van der Waals surface area contributed by atoms with Crippen molar-refractivity contribution in [3.8, 4) is 11.5 Å². The maximum Gasteiger partial charge on any atom is 0.278 e. The zero-order chi connectivity index (χ0) is 19.0. The first-order chi connectivity index (χ1) is 13.0. The molecule has 3 aromatic rings. The van der Waals surface area contributed by atoms with Crippen LogP contribution in [0, 0.1) is 0 Å². The SMILES string of the molecule is CC(=O)c1cc2c(cc1NC(=O)Cn1nnc3ccccc3c1=O)OCO2. The molecule has 2 heterocycles. The third kappa shape index (κ3) is 3.10. The highest BCUT2D eigenvalue weighted by Crippen LogP contribution is 2.37. The van der Waals surface area contributed by atoms with E-state index in [0.29, 0.717) is 22.4 Å². The topological polar surface area (TPSA) is 112 Å². The van der Waals surface area contributed by atoms with Gasteiger partial charge in [0.05, 0.1) is 11.1 Å². The summed E-state index contributed by atoms with van der Waals surface area (Å²) < 4.78 is 11.5. The van der Waals surface area contributed by atoms with Crippen LogP contribution in [-0.4, -0.2) is 33.5 Å². The number of amides is 1. The Kier molecular flexibility index (Phi) is 4.03. The van der Waals surface area contributed by atoms with E-state index < -0.39 is 11.5 Å². The summed E-state index contributed by atoms with van der Waals surface area (Å²) in [4.78, 5) is 36.7. The molecule has 1 aliphatic heterocycles. The van der Waals surface area contributed by atoms with E-state index in [4.69, 9.17) is 9.47 Å². The summed E-state index contributed by atoms with van der Waals surface area (Å²) in [5, 5.41) is 10.7. The van der Waals surface area contributed by atoms with E-state index in [9.17, 15) is 14.4 Å². The number of anilines is 1. The summed E-state index contributed by atoms with van der Waals surface area (Å²) in [6, 6.07) is 9.78. The minimum atomic E-state index is -0.525. The van der Waals surface area contributed by atoms with E-state index >= 15 is 0 Å². The third-order valence-electron chi connectivity index (χ3n) is 4.09. The van der Waals surface area contributed by atoms with E-state index in [0.717, 1.165) is 4.68 Å². The molecule has 0 unspecified atom stereocenters. The van der Waals surface area contributed by atoms with Gasteiger partial charge in [-0.3, -0.25) is 14.4 Å². The van der Waals surface area contributed by atoms with Crippen molar-refractivity contribution in [2.24, 2.45) is 0 Å². The Labute approximate surface area is 152 Å². The van der Waals surface area contributed by atoms with Crippen molar-refractivity contribution >= 4 is 28.3 Å². The molecule has 1 amide bonds. The molecule has 0 saturated carbocycles. The molecule has 9 nitrogen and oxygen atoms in total. The Bertz CT molecular complexity index is 1140. The molecule has 4 rings (SSSR count). The van der Waals surface area contributed by atoms with E-state index in [2.05, 4.69) is 15.6 Å². The first kappa shape index (κ1) is 16.7. The molecule has 0 spiro atoms. The number of hydrogen-bond acceptors (Lipinski definition) is 7. The van der Waals surface area contributed by atoms with Gasteiger partial charge in [0.15, 0.2) is 17.3 Å². The van der Waals surface area contributed by atoms with Gasteiger partial charge in [-0.1, -0.05) is 17.3 Å². The maximum atomic E-state index is 12.4. The van der Waals surface area contributed by atoms with Crippen LogP contribution in [-0.2, 0) is 11.3 Å². The zero-order valence-corrected chi connectivity index (χ0v) is 14.3. The first-order valence-corrected chi connectivity index (χ1v) is 8.10. The standard InChI is InChI=1S/C18H14N4O5/c1-10(23)12-6-15-16(27-9-26-15)7-14(12)19-17(24)8-22-18(25)11-4-2-3-5-13(11)20-21-22/h2-7H,8-9H2,1H3,(H,19,24). The fourth-order valence-corrected chi connectivity index (χ4v) is 2.79. The highest BCUT2D eigenvalue weighted by Gasteiger charge is 2.20. The monoisotopic (exact) mass is 366 g/mol. The molecule has 9 heteroatoms. The molecular formula is C18H14N4O5. The Hall–Kier alpha value is -3.75. The molecule has 1 aliphatic rings. The van der Waals surface area contributed by atoms with Gasteiger partial charge in [-0.2, -0.15) is 0 Å². The highest BCUT2D eigenvalue weighted by atomic mass is 16.7. The number of ketones is 1. The minimum absolute atomic E-state index is 0.0478. The second kappa shape index (κ2) is 6.52. The number of nitrogens with zero attached hydrogens (tertiary/aromatic N) is 3.